The third-order valence-electron chi connectivity index (χ3n) is 3.95. The second-order valence-electron chi connectivity index (χ2n) is 5.22. The van der Waals surface area contributed by atoms with E-state index in [-0.39, 0.29) is 18.1 Å². The minimum Gasteiger partial charge on any atom is -0.391 e. The molecule has 1 aliphatic carbocycles. The molecule has 1 saturated heterocycles. The Bertz CT molecular complexity index is 285. The number of ether oxygens (including phenoxy) is 1. The average Bonchev–Trinajstić information content (AvgIpc) is 2.41. The van der Waals surface area contributed by atoms with Crippen molar-refractivity contribution in [3.8, 4) is 0 Å². The number of aliphatic hydroxyl groups is 1. The van der Waals surface area contributed by atoms with Crippen molar-refractivity contribution in [3.05, 3.63) is 0 Å². The predicted octanol–water partition coefficient (Wildman–Crippen LogP) is 0.127. The Morgan fingerprint density at radius 1 is 1.44 bits per heavy atom. The Hall–Kier alpha value is -0.650. The second kappa shape index (κ2) is 6.50. The van der Waals surface area contributed by atoms with Crippen molar-refractivity contribution < 1.29 is 14.6 Å². The highest BCUT2D eigenvalue weighted by Crippen LogP contribution is 2.18. The fraction of sp³-hybridized carbons (Fsp3) is 0.923. The van der Waals surface area contributed by atoms with E-state index in [9.17, 15) is 9.90 Å². The van der Waals surface area contributed by atoms with Gasteiger partial charge in [-0.2, -0.15) is 0 Å². The van der Waals surface area contributed by atoms with Crippen molar-refractivity contribution in [1.82, 2.24) is 10.2 Å². The third kappa shape index (κ3) is 3.43. The zero-order valence-corrected chi connectivity index (χ0v) is 11.1. The van der Waals surface area contributed by atoms with Gasteiger partial charge in [0.25, 0.3) is 5.91 Å². The highest BCUT2D eigenvalue weighted by Gasteiger charge is 2.30. The van der Waals surface area contributed by atoms with Gasteiger partial charge in [-0.05, 0) is 19.4 Å². The van der Waals surface area contributed by atoms with Gasteiger partial charge in [-0.3, -0.25) is 9.69 Å². The van der Waals surface area contributed by atoms with Gasteiger partial charge in [0.1, 0.15) is 6.10 Å². The minimum atomic E-state index is -0.395. The number of nitrogens with zero attached hydrogens (tertiary/aromatic N) is 1. The zero-order valence-electron chi connectivity index (χ0n) is 11.1. The molecule has 1 aliphatic heterocycles. The lowest BCUT2D eigenvalue weighted by Gasteiger charge is -2.34. The van der Waals surface area contributed by atoms with Crippen LogP contribution in [0.1, 0.15) is 32.6 Å². The van der Waals surface area contributed by atoms with Crippen molar-refractivity contribution in [1.29, 1.82) is 0 Å². The zero-order chi connectivity index (χ0) is 13.0. The summed E-state index contributed by atoms with van der Waals surface area (Å²) >= 11 is 0. The summed E-state index contributed by atoms with van der Waals surface area (Å²) in [7, 11) is 0. The molecule has 3 unspecified atom stereocenters. The van der Waals surface area contributed by atoms with Crippen LogP contribution in [0.25, 0.3) is 0 Å². The standard InChI is InChI=1S/C13H24N2O3/c1-2-15-7-8-18-12(9-15)13(17)14-10-5-3-4-6-11(10)16/h10-12,16H,2-9H2,1H3,(H,14,17). The van der Waals surface area contributed by atoms with Gasteiger partial charge in [-0.1, -0.05) is 19.8 Å². The van der Waals surface area contributed by atoms with Crippen LogP contribution >= 0.6 is 0 Å². The van der Waals surface area contributed by atoms with E-state index in [2.05, 4.69) is 17.1 Å². The van der Waals surface area contributed by atoms with Gasteiger partial charge in [0.05, 0.1) is 18.8 Å². The molecule has 3 atom stereocenters. The normalized spacial score (nSPS) is 34.2. The van der Waals surface area contributed by atoms with Crippen LogP contribution in [0, 0.1) is 0 Å². The Balaban J connectivity index is 1.83. The Morgan fingerprint density at radius 2 is 2.22 bits per heavy atom. The van der Waals surface area contributed by atoms with Crippen molar-refractivity contribution in [2.75, 3.05) is 26.2 Å². The first kappa shape index (κ1) is 13.8. The number of nitrogens with one attached hydrogen (secondary N) is 1. The lowest BCUT2D eigenvalue weighted by molar-refractivity contribution is -0.140. The molecule has 0 aromatic rings. The summed E-state index contributed by atoms with van der Waals surface area (Å²) in [5, 5.41) is 12.8. The van der Waals surface area contributed by atoms with Gasteiger partial charge in [0, 0.05) is 13.1 Å². The molecule has 5 heteroatoms. The van der Waals surface area contributed by atoms with Crippen molar-refractivity contribution in [3.63, 3.8) is 0 Å². The molecule has 0 radical (unpaired) electrons. The summed E-state index contributed by atoms with van der Waals surface area (Å²) in [4.78, 5) is 14.3. The van der Waals surface area contributed by atoms with E-state index >= 15 is 0 Å². The van der Waals surface area contributed by atoms with Crippen LogP contribution in [-0.4, -0.2) is 60.4 Å². The molecule has 0 spiro atoms. The maximum atomic E-state index is 12.1. The first-order valence-electron chi connectivity index (χ1n) is 7.03. The average molecular weight is 256 g/mol. The van der Waals surface area contributed by atoms with E-state index in [1.807, 2.05) is 0 Å². The van der Waals surface area contributed by atoms with Crippen LogP contribution in [0.3, 0.4) is 0 Å². The molecule has 2 fully saturated rings. The minimum absolute atomic E-state index is 0.0703. The molecule has 2 N–H and O–H groups in total. The number of hydrogen-bond donors (Lipinski definition) is 2. The van der Waals surface area contributed by atoms with Gasteiger partial charge in [-0.25, -0.2) is 0 Å². The van der Waals surface area contributed by atoms with Gasteiger partial charge in [0.2, 0.25) is 0 Å². The number of rotatable bonds is 3. The van der Waals surface area contributed by atoms with E-state index in [4.69, 9.17) is 4.74 Å². The first-order chi connectivity index (χ1) is 8.70. The third-order valence-corrected chi connectivity index (χ3v) is 3.95. The summed E-state index contributed by atoms with van der Waals surface area (Å²) in [6.07, 6.45) is 3.02. The van der Waals surface area contributed by atoms with Crippen molar-refractivity contribution >= 4 is 5.91 Å². The molecule has 1 amide bonds. The number of amides is 1. The molecule has 104 valence electrons. The van der Waals surface area contributed by atoms with Crippen LogP contribution < -0.4 is 5.32 Å². The topological polar surface area (TPSA) is 61.8 Å². The summed E-state index contributed by atoms with van der Waals surface area (Å²) in [6.45, 7) is 5.20. The van der Waals surface area contributed by atoms with Crippen LogP contribution in [0.2, 0.25) is 0 Å². The largest absolute Gasteiger partial charge is 0.391 e. The summed E-state index contributed by atoms with van der Waals surface area (Å²) in [5.74, 6) is -0.0703. The Kier molecular flexibility index (Phi) is 4.97. The molecular weight excluding hydrogens is 232 g/mol. The fourth-order valence-electron chi connectivity index (χ4n) is 2.70. The molecule has 18 heavy (non-hydrogen) atoms. The number of carbonyl (C=O) groups is 1. The van der Waals surface area contributed by atoms with Crippen molar-refractivity contribution in [2.45, 2.75) is 50.9 Å². The fourth-order valence-corrected chi connectivity index (χ4v) is 2.70. The van der Waals surface area contributed by atoms with Crippen LogP contribution in [0.15, 0.2) is 0 Å². The SMILES string of the molecule is CCN1CCOC(C(=O)NC2CCCCC2O)C1. The maximum Gasteiger partial charge on any atom is 0.250 e. The molecule has 0 bridgehead atoms. The summed E-state index contributed by atoms with van der Waals surface area (Å²) in [6, 6.07) is -0.0909. The van der Waals surface area contributed by atoms with Crippen LogP contribution in [0.4, 0.5) is 0 Å². The smallest absolute Gasteiger partial charge is 0.250 e. The number of morpholine rings is 1. The lowest BCUT2D eigenvalue weighted by Crippen LogP contribution is -2.54. The van der Waals surface area contributed by atoms with Crippen molar-refractivity contribution in [2.24, 2.45) is 0 Å². The van der Waals surface area contributed by atoms with Crippen LogP contribution in [0.5, 0.6) is 0 Å². The highest BCUT2D eigenvalue weighted by molar-refractivity contribution is 5.81. The molecule has 0 aromatic carbocycles. The van der Waals surface area contributed by atoms with E-state index in [0.717, 1.165) is 38.8 Å². The van der Waals surface area contributed by atoms with Gasteiger partial charge < -0.3 is 15.2 Å². The molecule has 2 rings (SSSR count). The molecular formula is C13H24N2O3. The second-order valence-corrected chi connectivity index (χ2v) is 5.22. The monoisotopic (exact) mass is 256 g/mol. The molecule has 1 heterocycles. The number of carbonyl (C=O) groups excluding carboxylic acids is 1. The summed E-state index contributed by atoms with van der Waals surface area (Å²) in [5.41, 5.74) is 0. The molecule has 5 nitrogen and oxygen atoms in total. The van der Waals surface area contributed by atoms with Gasteiger partial charge >= 0.3 is 0 Å². The van der Waals surface area contributed by atoms with E-state index in [1.165, 1.54) is 0 Å². The predicted molar refractivity (Wildman–Crippen MR) is 68.3 cm³/mol. The number of likely N-dealkylation sites (N-methyl/N-ethyl adjacent to an activating group) is 1. The molecule has 2 aliphatic rings. The highest BCUT2D eigenvalue weighted by atomic mass is 16.5. The van der Waals surface area contributed by atoms with Gasteiger partial charge in [-0.15, -0.1) is 0 Å². The number of aliphatic hydroxyl groups excluding tert-OH is 1. The Labute approximate surface area is 108 Å². The maximum absolute atomic E-state index is 12.1. The van der Waals surface area contributed by atoms with Gasteiger partial charge in [0.15, 0.2) is 0 Å². The van der Waals surface area contributed by atoms with E-state index in [1.54, 1.807) is 0 Å². The molecule has 0 aromatic heterocycles. The quantitative estimate of drug-likeness (QED) is 0.753. The van der Waals surface area contributed by atoms with E-state index in [0.29, 0.717) is 13.2 Å². The number of hydrogen-bond acceptors (Lipinski definition) is 4. The lowest BCUT2D eigenvalue weighted by atomic mass is 9.92. The Morgan fingerprint density at radius 3 is 2.94 bits per heavy atom. The molecule has 1 saturated carbocycles. The summed E-state index contributed by atoms with van der Waals surface area (Å²) < 4.78 is 5.51. The first-order valence-corrected chi connectivity index (χ1v) is 7.03. The van der Waals surface area contributed by atoms with E-state index < -0.39 is 6.10 Å². The van der Waals surface area contributed by atoms with Crippen LogP contribution in [-0.2, 0) is 9.53 Å².